The maximum Gasteiger partial charge on any atom is 0.274 e. The van der Waals surface area contributed by atoms with E-state index in [1.54, 1.807) is 0 Å². The molecule has 0 unspecified atom stereocenters. The van der Waals surface area contributed by atoms with Crippen LogP contribution in [0.4, 0.5) is 8.78 Å². The van der Waals surface area contributed by atoms with Gasteiger partial charge in [0, 0.05) is 17.3 Å². The van der Waals surface area contributed by atoms with Crippen molar-refractivity contribution in [3.05, 3.63) is 51.4 Å². The number of hydrogen-bond donors (Lipinski definition) is 1. The Hall–Kier alpha value is -1.91. The fourth-order valence-corrected chi connectivity index (χ4v) is 2.59. The number of rotatable bonds is 1. The molecule has 5 heteroatoms. The Morgan fingerprint density at radius 1 is 1.11 bits per heavy atom. The summed E-state index contributed by atoms with van der Waals surface area (Å²) < 4.78 is 27.8. The summed E-state index contributed by atoms with van der Waals surface area (Å²) in [6, 6.07) is 3.21. The standard InChI is InChI=1S/C14H14F2N2O/c15-9-6-7-13(11(16)8-9)18-14(19)10-4-2-1-3-5-12(10)17-18/h6-8,17H,1-5H2. The van der Waals surface area contributed by atoms with Crippen LogP contribution in [-0.4, -0.2) is 9.78 Å². The van der Waals surface area contributed by atoms with Gasteiger partial charge in [0.2, 0.25) is 0 Å². The molecule has 0 amide bonds. The maximum absolute atomic E-state index is 13.7. The molecular formula is C14H14F2N2O. The summed E-state index contributed by atoms with van der Waals surface area (Å²) in [6.07, 6.45) is 4.64. The molecule has 0 fully saturated rings. The molecule has 2 aromatic rings. The smallest absolute Gasteiger partial charge is 0.274 e. The van der Waals surface area contributed by atoms with Crippen molar-refractivity contribution in [1.82, 2.24) is 9.78 Å². The van der Waals surface area contributed by atoms with Gasteiger partial charge in [-0.2, -0.15) is 0 Å². The van der Waals surface area contributed by atoms with Gasteiger partial charge in [0.25, 0.3) is 5.56 Å². The second kappa shape index (κ2) is 4.64. The quantitative estimate of drug-likeness (QED) is 0.790. The third-order valence-electron chi connectivity index (χ3n) is 3.58. The van der Waals surface area contributed by atoms with Crippen molar-refractivity contribution in [3.63, 3.8) is 0 Å². The second-order valence-electron chi connectivity index (χ2n) is 4.87. The number of nitrogens with one attached hydrogen (secondary N) is 1. The summed E-state index contributed by atoms with van der Waals surface area (Å²) >= 11 is 0. The molecule has 1 aliphatic carbocycles. The molecule has 0 radical (unpaired) electrons. The Morgan fingerprint density at radius 3 is 2.68 bits per heavy atom. The normalized spacial score (nSPS) is 15.1. The van der Waals surface area contributed by atoms with Gasteiger partial charge in [0.05, 0.1) is 0 Å². The molecule has 3 rings (SSSR count). The predicted octanol–water partition coefficient (Wildman–Crippen LogP) is 2.71. The van der Waals surface area contributed by atoms with E-state index in [4.69, 9.17) is 0 Å². The molecule has 0 atom stereocenters. The highest BCUT2D eigenvalue weighted by molar-refractivity contribution is 5.35. The summed E-state index contributed by atoms with van der Waals surface area (Å²) in [4.78, 5) is 12.3. The Morgan fingerprint density at radius 2 is 1.89 bits per heavy atom. The van der Waals surface area contributed by atoms with Crippen LogP contribution >= 0.6 is 0 Å². The predicted molar refractivity (Wildman–Crippen MR) is 67.6 cm³/mol. The van der Waals surface area contributed by atoms with Gasteiger partial charge in [-0.3, -0.25) is 9.89 Å². The second-order valence-corrected chi connectivity index (χ2v) is 4.87. The van der Waals surface area contributed by atoms with Gasteiger partial charge in [-0.1, -0.05) is 6.42 Å². The fraction of sp³-hybridized carbons (Fsp3) is 0.357. The molecule has 100 valence electrons. The van der Waals surface area contributed by atoms with Crippen molar-refractivity contribution < 1.29 is 8.78 Å². The zero-order chi connectivity index (χ0) is 13.4. The van der Waals surface area contributed by atoms with Gasteiger partial charge < -0.3 is 0 Å². The molecule has 1 aromatic carbocycles. The average molecular weight is 264 g/mol. The van der Waals surface area contributed by atoms with Crippen molar-refractivity contribution in [2.24, 2.45) is 0 Å². The lowest BCUT2D eigenvalue weighted by molar-refractivity contribution is 0.571. The van der Waals surface area contributed by atoms with Crippen LogP contribution in [-0.2, 0) is 12.8 Å². The van der Waals surface area contributed by atoms with Crippen LogP contribution in [0.15, 0.2) is 23.0 Å². The lowest BCUT2D eigenvalue weighted by atomic mass is 10.1. The van der Waals surface area contributed by atoms with Crippen LogP contribution in [0.2, 0.25) is 0 Å². The number of aryl methyl sites for hydroxylation is 1. The number of nitrogens with zero attached hydrogens (tertiary/aromatic N) is 1. The molecule has 3 nitrogen and oxygen atoms in total. The van der Waals surface area contributed by atoms with Gasteiger partial charge in [-0.05, 0) is 37.8 Å². The van der Waals surface area contributed by atoms with Gasteiger partial charge in [-0.25, -0.2) is 13.5 Å². The molecular weight excluding hydrogens is 250 g/mol. The van der Waals surface area contributed by atoms with Gasteiger partial charge in [-0.15, -0.1) is 0 Å². The minimum Gasteiger partial charge on any atom is -0.295 e. The number of halogens is 2. The van der Waals surface area contributed by atoms with Crippen LogP contribution in [0, 0.1) is 11.6 Å². The highest BCUT2D eigenvalue weighted by Crippen LogP contribution is 2.19. The first-order chi connectivity index (χ1) is 9.16. The molecule has 1 N–H and O–H groups in total. The van der Waals surface area contributed by atoms with E-state index < -0.39 is 11.6 Å². The SMILES string of the molecule is O=c1c2c([nH]n1-c1ccc(F)cc1F)CCCCC2. The average Bonchev–Trinajstić information content (AvgIpc) is 2.57. The van der Waals surface area contributed by atoms with Gasteiger partial charge in [0.1, 0.15) is 11.5 Å². The van der Waals surface area contributed by atoms with E-state index in [-0.39, 0.29) is 11.2 Å². The minimum atomic E-state index is -0.737. The van der Waals surface area contributed by atoms with Crippen molar-refractivity contribution in [2.45, 2.75) is 32.1 Å². The van der Waals surface area contributed by atoms with E-state index in [2.05, 4.69) is 5.10 Å². The molecule has 0 spiro atoms. The highest BCUT2D eigenvalue weighted by Gasteiger charge is 2.18. The summed E-state index contributed by atoms with van der Waals surface area (Å²) in [5.74, 6) is -1.39. The van der Waals surface area contributed by atoms with Crippen molar-refractivity contribution in [1.29, 1.82) is 0 Å². The molecule has 0 aliphatic heterocycles. The first-order valence-corrected chi connectivity index (χ1v) is 6.45. The highest BCUT2D eigenvalue weighted by atomic mass is 19.1. The van der Waals surface area contributed by atoms with Crippen LogP contribution in [0.5, 0.6) is 0 Å². The fourth-order valence-electron chi connectivity index (χ4n) is 2.59. The topological polar surface area (TPSA) is 37.8 Å². The molecule has 0 saturated carbocycles. The summed E-state index contributed by atoms with van der Waals surface area (Å²) in [6.45, 7) is 0. The molecule has 0 saturated heterocycles. The summed E-state index contributed by atoms with van der Waals surface area (Å²) in [7, 11) is 0. The molecule has 1 heterocycles. The van der Waals surface area contributed by atoms with Crippen LogP contribution < -0.4 is 5.56 Å². The van der Waals surface area contributed by atoms with E-state index in [1.165, 1.54) is 10.7 Å². The lowest BCUT2D eigenvalue weighted by Gasteiger charge is -2.03. The molecule has 1 aromatic heterocycles. The van der Waals surface area contributed by atoms with E-state index in [1.807, 2.05) is 0 Å². The Bertz CT molecular complexity index is 673. The largest absolute Gasteiger partial charge is 0.295 e. The van der Waals surface area contributed by atoms with Crippen molar-refractivity contribution >= 4 is 0 Å². The Balaban J connectivity index is 2.13. The number of H-pyrrole nitrogens is 1. The molecule has 1 aliphatic rings. The third kappa shape index (κ3) is 2.09. The number of aromatic nitrogens is 2. The van der Waals surface area contributed by atoms with Crippen LogP contribution in [0.25, 0.3) is 5.69 Å². The monoisotopic (exact) mass is 264 g/mol. The molecule has 19 heavy (non-hydrogen) atoms. The zero-order valence-electron chi connectivity index (χ0n) is 10.4. The number of aromatic amines is 1. The zero-order valence-corrected chi connectivity index (χ0v) is 10.4. The van der Waals surface area contributed by atoms with E-state index in [0.717, 1.165) is 55.5 Å². The lowest BCUT2D eigenvalue weighted by Crippen LogP contribution is -2.18. The minimum absolute atomic E-state index is 0.0690. The van der Waals surface area contributed by atoms with Gasteiger partial charge >= 0.3 is 0 Å². The third-order valence-corrected chi connectivity index (χ3v) is 3.58. The first kappa shape index (κ1) is 12.1. The number of hydrogen-bond acceptors (Lipinski definition) is 1. The van der Waals surface area contributed by atoms with E-state index in [9.17, 15) is 13.6 Å². The van der Waals surface area contributed by atoms with Crippen LogP contribution in [0.1, 0.15) is 30.5 Å². The van der Waals surface area contributed by atoms with E-state index >= 15 is 0 Å². The van der Waals surface area contributed by atoms with Crippen LogP contribution in [0.3, 0.4) is 0 Å². The first-order valence-electron chi connectivity index (χ1n) is 6.45. The Labute approximate surface area is 108 Å². The van der Waals surface area contributed by atoms with Crippen molar-refractivity contribution in [3.8, 4) is 5.69 Å². The Kier molecular flexibility index (Phi) is 2.97. The van der Waals surface area contributed by atoms with Gasteiger partial charge in [0.15, 0.2) is 5.82 Å². The number of fused-ring (bicyclic) bond motifs is 1. The number of benzene rings is 1. The van der Waals surface area contributed by atoms with E-state index in [0.29, 0.717) is 0 Å². The summed E-state index contributed by atoms with van der Waals surface area (Å²) in [5.41, 5.74) is 1.47. The molecule has 0 bridgehead atoms. The summed E-state index contributed by atoms with van der Waals surface area (Å²) in [5, 5.41) is 2.96. The maximum atomic E-state index is 13.7. The van der Waals surface area contributed by atoms with Crippen molar-refractivity contribution in [2.75, 3.05) is 0 Å².